The molecule has 1 aliphatic heterocycles. The lowest BCUT2D eigenvalue weighted by molar-refractivity contribution is 0.340. The van der Waals surface area contributed by atoms with Gasteiger partial charge in [-0.15, -0.1) is 11.3 Å². The highest BCUT2D eigenvalue weighted by Crippen LogP contribution is 2.39. The number of aryl methyl sites for hydroxylation is 1. The van der Waals surface area contributed by atoms with Crippen LogP contribution < -0.4 is 15.0 Å². The number of methoxy groups -OCH3 is 2. The Morgan fingerprint density at radius 1 is 1.26 bits per heavy atom. The summed E-state index contributed by atoms with van der Waals surface area (Å²) in [5.41, 5.74) is 1.82. The van der Waals surface area contributed by atoms with Gasteiger partial charge in [-0.25, -0.2) is 4.98 Å². The standard InChI is InChI=1S/C20H20N2O4S/c1-4-13-10-14-19(27-13)21-18-12(5-6-22(18)20(14)24)7-11-8-15(25-2)17(23)16(9-11)26-3/h7-10,23H,4-6H2,1-3H3/b12-7+. The SMILES string of the molecule is CCc1cc2c(=O)n3c(nc2s1)/C(=C/c1cc(OC)c(O)c(OC)c1)CC3. The number of ether oxygens (including phenoxy) is 2. The highest BCUT2D eigenvalue weighted by molar-refractivity contribution is 7.18. The maximum Gasteiger partial charge on any atom is 0.262 e. The molecule has 1 N–H and O–H groups in total. The van der Waals surface area contributed by atoms with Gasteiger partial charge in [-0.05, 0) is 48.3 Å². The Labute approximate surface area is 160 Å². The molecular formula is C20H20N2O4S. The Morgan fingerprint density at radius 3 is 2.59 bits per heavy atom. The number of aromatic hydroxyl groups is 1. The second kappa shape index (κ2) is 6.74. The first kappa shape index (κ1) is 17.6. The largest absolute Gasteiger partial charge is 0.502 e. The normalized spacial score (nSPS) is 14.7. The number of phenols is 1. The van der Waals surface area contributed by atoms with Crippen molar-refractivity contribution in [2.45, 2.75) is 26.3 Å². The van der Waals surface area contributed by atoms with E-state index in [-0.39, 0.29) is 11.3 Å². The van der Waals surface area contributed by atoms with Gasteiger partial charge in [0.05, 0.1) is 19.6 Å². The predicted octanol–water partition coefficient (Wildman–Crippen LogP) is 3.69. The van der Waals surface area contributed by atoms with Crippen molar-refractivity contribution >= 4 is 33.2 Å². The van der Waals surface area contributed by atoms with E-state index >= 15 is 0 Å². The van der Waals surface area contributed by atoms with Gasteiger partial charge in [0.25, 0.3) is 5.56 Å². The molecule has 1 aromatic carbocycles. The molecule has 0 unspecified atom stereocenters. The van der Waals surface area contributed by atoms with Crippen LogP contribution in [0, 0.1) is 0 Å². The number of hydrogen-bond donors (Lipinski definition) is 1. The highest BCUT2D eigenvalue weighted by Gasteiger charge is 2.22. The molecule has 3 aromatic rings. The fourth-order valence-electron chi connectivity index (χ4n) is 3.37. The number of benzene rings is 1. The van der Waals surface area contributed by atoms with Crippen molar-refractivity contribution < 1.29 is 14.6 Å². The molecule has 27 heavy (non-hydrogen) atoms. The lowest BCUT2D eigenvalue weighted by Gasteiger charge is -2.10. The van der Waals surface area contributed by atoms with Gasteiger partial charge in [-0.2, -0.15) is 0 Å². The number of hydrogen-bond acceptors (Lipinski definition) is 6. The summed E-state index contributed by atoms with van der Waals surface area (Å²) < 4.78 is 12.2. The molecule has 6 nitrogen and oxygen atoms in total. The van der Waals surface area contributed by atoms with E-state index in [1.165, 1.54) is 14.2 Å². The van der Waals surface area contributed by atoms with Gasteiger partial charge < -0.3 is 14.6 Å². The van der Waals surface area contributed by atoms with Crippen LogP contribution in [0.15, 0.2) is 23.0 Å². The van der Waals surface area contributed by atoms with Gasteiger partial charge in [0.15, 0.2) is 11.5 Å². The van der Waals surface area contributed by atoms with Crippen LogP contribution in [0.4, 0.5) is 0 Å². The molecule has 4 rings (SSSR count). The lowest BCUT2D eigenvalue weighted by atomic mass is 10.1. The molecule has 0 atom stereocenters. The second-order valence-corrected chi connectivity index (χ2v) is 7.49. The molecule has 0 bridgehead atoms. The van der Waals surface area contributed by atoms with Crippen molar-refractivity contribution in [3.05, 3.63) is 44.8 Å². The summed E-state index contributed by atoms with van der Waals surface area (Å²) in [7, 11) is 2.99. The monoisotopic (exact) mass is 384 g/mol. The van der Waals surface area contributed by atoms with Crippen LogP contribution in [-0.4, -0.2) is 28.9 Å². The summed E-state index contributed by atoms with van der Waals surface area (Å²) >= 11 is 1.58. The average Bonchev–Trinajstić information content (AvgIpc) is 3.28. The molecule has 0 fully saturated rings. The smallest absolute Gasteiger partial charge is 0.262 e. The van der Waals surface area contributed by atoms with Crippen LogP contribution in [0.5, 0.6) is 17.2 Å². The molecule has 0 saturated carbocycles. The molecule has 140 valence electrons. The molecule has 0 radical (unpaired) electrons. The van der Waals surface area contributed by atoms with Gasteiger partial charge in [0, 0.05) is 11.4 Å². The van der Waals surface area contributed by atoms with Gasteiger partial charge in [0.1, 0.15) is 10.7 Å². The number of phenolic OH excluding ortho intramolecular Hbond substituents is 1. The third-order valence-electron chi connectivity index (χ3n) is 4.79. The predicted molar refractivity (Wildman–Crippen MR) is 107 cm³/mol. The molecule has 7 heteroatoms. The number of aromatic nitrogens is 2. The zero-order valence-electron chi connectivity index (χ0n) is 15.4. The molecule has 3 heterocycles. The second-order valence-electron chi connectivity index (χ2n) is 6.37. The maximum absolute atomic E-state index is 12.8. The number of thiophene rings is 1. The Balaban J connectivity index is 1.85. The minimum atomic E-state index is -0.0318. The highest BCUT2D eigenvalue weighted by atomic mass is 32.1. The van der Waals surface area contributed by atoms with Gasteiger partial charge in [0.2, 0.25) is 5.75 Å². The molecule has 0 saturated heterocycles. The van der Waals surface area contributed by atoms with Crippen LogP contribution in [0.25, 0.3) is 21.9 Å². The topological polar surface area (TPSA) is 73.6 Å². The van der Waals surface area contributed by atoms with E-state index in [0.717, 1.165) is 33.7 Å². The molecule has 1 aliphatic rings. The number of nitrogens with zero attached hydrogens (tertiary/aromatic N) is 2. The Kier molecular flexibility index (Phi) is 4.39. The summed E-state index contributed by atoms with van der Waals surface area (Å²) in [6.45, 7) is 2.69. The van der Waals surface area contributed by atoms with Gasteiger partial charge in [-0.3, -0.25) is 9.36 Å². The zero-order valence-corrected chi connectivity index (χ0v) is 16.2. The van der Waals surface area contributed by atoms with Crippen LogP contribution >= 0.6 is 11.3 Å². The Hall–Kier alpha value is -2.80. The maximum atomic E-state index is 12.8. The van der Waals surface area contributed by atoms with E-state index in [4.69, 9.17) is 14.5 Å². The lowest BCUT2D eigenvalue weighted by Crippen LogP contribution is -2.19. The Bertz CT molecular complexity index is 1100. The summed E-state index contributed by atoms with van der Waals surface area (Å²) in [6.07, 6.45) is 3.59. The van der Waals surface area contributed by atoms with Crippen molar-refractivity contribution in [2.75, 3.05) is 14.2 Å². The van der Waals surface area contributed by atoms with E-state index in [9.17, 15) is 9.90 Å². The van der Waals surface area contributed by atoms with Gasteiger partial charge in [-0.1, -0.05) is 6.92 Å². The van der Waals surface area contributed by atoms with Crippen molar-refractivity contribution in [1.29, 1.82) is 0 Å². The van der Waals surface area contributed by atoms with E-state index in [0.29, 0.717) is 29.3 Å². The molecular weight excluding hydrogens is 364 g/mol. The third kappa shape index (κ3) is 2.88. The zero-order chi connectivity index (χ0) is 19.1. The fraction of sp³-hybridized carbons (Fsp3) is 0.300. The van der Waals surface area contributed by atoms with E-state index in [2.05, 4.69) is 6.92 Å². The number of allylic oxidation sites excluding steroid dienone is 1. The van der Waals surface area contributed by atoms with Crippen molar-refractivity contribution in [3.8, 4) is 17.2 Å². The minimum absolute atomic E-state index is 0.0233. The first-order valence-corrected chi connectivity index (χ1v) is 9.56. The van der Waals surface area contributed by atoms with Crippen LogP contribution in [0.2, 0.25) is 0 Å². The summed E-state index contributed by atoms with van der Waals surface area (Å²) in [4.78, 5) is 19.5. The Morgan fingerprint density at radius 2 is 1.96 bits per heavy atom. The minimum Gasteiger partial charge on any atom is -0.502 e. The number of rotatable bonds is 4. The van der Waals surface area contributed by atoms with Crippen molar-refractivity contribution in [2.24, 2.45) is 0 Å². The van der Waals surface area contributed by atoms with Crippen molar-refractivity contribution in [3.63, 3.8) is 0 Å². The molecule has 0 spiro atoms. The fourth-order valence-corrected chi connectivity index (χ4v) is 4.33. The summed E-state index contributed by atoms with van der Waals surface area (Å²) in [5.74, 6) is 1.36. The first-order valence-electron chi connectivity index (χ1n) is 8.74. The van der Waals surface area contributed by atoms with Crippen LogP contribution in [0.3, 0.4) is 0 Å². The van der Waals surface area contributed by atoms with Crippen LogP contribution in [-0.2, 0) is 13.0 Å². The van der Waals surface area contributed by atoms with E-state index < -0.39 is 0 Å². The average molecular weight is 384 g/mol. The van der Waals surface area contributed by atoms with E-state index in [1.54, 1.807) is 28.0 Å². The third-order valence-corrected chi connectivity index (χ3v) is 5.96. The first-order chi connectivity index (χ1) is 13.0. The summed E-state index contributed by atoms with van der Waals surface area (Å²) in [6, 6.07) is 5.44. The molecule has 2 aromatic heterocycles. The molecule has 0 amide bonds. The van der Waals surface area contributed by atoms with E-state index in [1.807, 2.05) is 12.1 Å². The summed E-state index contributed by atoms with van der Waals surface area (Å²) in [5, 5.41) is 10.8. The van der Waals surface area contributed by atoms with Crippen LogP contribution in [0.1, 0.15) is 29.6 Å². The quantitative estimate of drug-likeness (QED) is 0.743. The molecule has 0 aliphatic carbocycles. The van der Waals surface area contributed by atoms with Gasteiger partial charge >= 0.3 is 0 Å². The number of fused-ring (bicyclic) bond motifs is 2. The van der Waals surface area contributed by atoms with Crippen molar-refractivity contribution in [1.82, 2.24) is 9.55 Å².